The summed E-state index contributed by atoms with van der Waals surface area (Å²) >= 11 is 0. The van der Waals surface area contributed by atoms with Crippen LogP contribution >= 0.6 is 0 Å². The lowest BCUT2D eigenvalue weighted by Gasteiger charge is -2.29. The van der Waals surface area contributed by atoms with Gasteiger partial charge in [-0.3, -0.25) is 4.90 Å². The van der Waals surface area contributed by atoms with Crippen molar-refractivity contribution in [2.75, 3.05) is 0 Å². The summed E-state index contributed by atoms with van der Waals surface area (Å²) in [7, 11) is 0. The summed E-state index contributed by atoms with van der Waals surface area (Å²) in [6.07, 6.45) is -0.487. The van der Waals surface area contributed by atoms with Crippen LogP contribution in [0.4, 0.5) is 9.18 Å². The second-order valence-electron chi connectivity index (χ2n) is 4.64. The Morgan fingerprint density at radius 3 is 2.50 bits per heavy atom. The van der Waals surface area contributed by atoms with E-state index < -0.39 is 18.2 Å². The lowest BCUT2D eigenvalue weighted by Crippen LogP contribution is -2.42. The van der Waals surface area contributed by atoms with Crippen LogP contribution in [0.25, 0.3) is 0 Å². The highest BCUT2D eigenvalue weighted by Gasteiger charge is 2.39. The third-order valence-electron chi connectivity index (χ3n) is 3.46. The van der Waals surface area contributed by atoms with E-state index in [1.165, 1.54) is 17.0 Å². The highest BCUT2D eigenvalue weighted by molar-refractivity contribution is 5.67. The molecule has 98 valence electrons. The van der Waals surface area contributed by atoms with Gasteiger partial charge in [-0.05, 0) is 37.5 Å². The van der Waals surface area contributed by atoms with E-state index in [9.17, 15) is 19.4 Å². The maximum Gasteiger partial charge on any atom is 0.408 e. The van der Waals surface area contributed by atoms with Gasteiger partial charge in [0.2, 0.25) is 0 Å². The Bertz CT molecular complexity index is 432. The van der Waals surface area contributed by atoms with E-state index >= 15 is 0 Å². The fraction of sp³-hybridized carbons (Fsp3) is 0.462. The molecule has 1 aliphatic rings. The van der Waals surface area contributed by atoms with E-state index in [4.69, 9.17) is 0 Å². The summed E-state index contributed by atoms with van der Waals surface area (Å²) in [5, 5.41) is 18.9. The van der Waals surface area contributed by atoms with E-state index in [0.717, 1.165) is 5.56 Å². The second-order valence-corrected chi connectivity index (χ2v) is 4.64. The Labute approximate surface area is 105 Å². The standard InChI is InChI=1S/C13H16FNO3/c1-8(16)11-6-7-12(15(11)13(17)18)9-2-4-10(14)5-3-9/h2-5,8,11-12,16H,6-7H2,1H3,(H,17,18)/t8-,11+,12-/m0/s1. The molecule has 0 spiro atoms. The second kappa shape index (κ2) is 4.94. The van der Waals surface area contributed by atoms with E-state index in [-0.39, 0.29) is 11.9 Å². The molecule has 0 bridgehead atoms. The molecule has 5 heteroatoms. The van der Waals surface area contributed by atoms with Crippen molar-refractivity contribution in [3.63, 3.8) is 0 Å². The van der Waals surface area contributed by atoms with Crippen molar-refractivity contribution in [2.24, 2.45) is 0 Å². The first-order valence-electron chi connectivity index (χ1n) is 5.95. The molecule has 1 aromatic rings. The number of benzene rings is 1. The van der Waals surface area contributed by atoms with Crippen LogP contribution in [-0.2, 0) is 0 Å². The van der Waals surface area contributed by atoms with Crippen molar-refractivity contribution in [3.8, 4) is 0 Å². The largest absolute Gasteiger partial charge is 0.465 e. The zero-order valence-electron chi connectivity index (χ0n) is 10.1. The van der Waals surface area contributed by atoms with Crippen LogP contribution in [0, 0.1) is 5.82 Å². The molecule has 0 radical (unpaired) electrons. The summed E-state index contributed by atoms with van der Waals surface area (Å²) in [5.41, 5.74) is 0.766. The number of aliphatic hydroxyl groups excluding tert-OH is 1. The number of hydrogen-bond donors (Lipinski definition) is 2. The number of rotatable bonds is 2. The van der Waals surface area contributed by atoms with Crippen molar-refractivity contribution in [2.45, 2.75) is 38.0 Å². The number of aliphatic hydroxyl groups is 1. The van der Waals surface area contributed by atoms with Crippen LogP contribution in [0.1, 0.15) is 31.4 Å². The molecule has 0 unspecified atom stereocenters. The van der Waals surface area contributed by atoms with Crippen molar-refractivity contribution in [1.82, 2.24) is 4.90 Å². The van der Waals surface area contributed by atoms with Crippen LogP contribution in [0.5, 0.6) is 0 Å². The number of carboxylic acid groups (broad SMARTS) is 1. The number of carbonyl (C=O) groups is 1. The van der Waals surface area contributed by atoms with Crippen molar-refractivity contribution >= 4 is 6.09 Å². The highest BCUT2D eigenvalue weighted by Crippen LogP contribution is 2.37. The molecule has 1 amide bonds. The summed E-state index contributed by atoms with van der Waals surface area (Å²) in [4.78, 5) is 12.6. The van der Waals surface area contributed by atoms with Crippen LogP contribution in [0.3, 0.4) is 0 Å². The molecule has 0 aliphatic carbocycles. The van der Waals surface area contributed by atoms with E-state index in [2.05, 4.69) is 0 Å². The summed E-state index contributed by atoms with van der Waals surface area (Å²) in [6.45, 7) is 1.59. The first kappa shape index (κ1) is 12.8. The zero-order chi connectivity index (χ0) is 13.3. The maximum atomic E-state index is 12.9. The van der Waals surface area contributed by atoms with Gasteiger partial charge in [0.15, 0.2) is 0 Å². The number of amides is 1. The average Bonchev–Trinajstić information content (AvgIpc) is 2.74. The van der Waals surface area contributed by atoms with Crippen molar-refractivity contribution in [1.29, 1.82) is 0 Å². The molecule has 1 aliphatic heterocycles. The van der Waals surface area contributed by atoms with Crippen LogP contribution < -0.4 is 0 Å². The molecule has 18 heavy (non-hydrogen) atoms. The molecule has 2 N–H and O–H groups in total. The van der Waals surface area contributed by atoms with Gasteiger partial charge in [0.05, 0.1) is 18.2 Å². The van der Waals surface area contributed by atoms with Crippen molar-refractivity contribution < 1.29 is 19.4 Å². The molecular formula is C13H16FNO3. The molecule has 1 aromatic carbocycles. The first-order chi connectivity index (χ1) is 8.50. The van der Waals surface area contributed by atoms with Gasteiger partial charge < -0.3 is 10.2 Å². The Morgan fingerprint density at radius 1 is 1.39 bits per heavy atom. The van der Waals surface area contributed by atoms with Gasteiger partial charge in [-0.2, -0.15) is 0 Å². The van der Waals surface area contributed by atoms with E-state index in [1.807, 2.05) is 0 Å². The molecule has 1 heterocycles. The summed E-state index contributed by atoms with van der Waals surface area (Å²) in [5.74, 6) is -0.342. The Kier molecular flexibility index (Phi) is 3.52. The Hall–Kier alpha value is -1.62. The molecule has 0 aromatic heterocycles. The average molecular weight is 253 g/mol. The predicted molar refractivity (Wildman–Crippen MR) is 63.7 cm³/mol. The molecule has 4 nitrogen and oxygen atoms in total. The third kappa shape index (κ3) is 2.31. The molecular weight excluding hydrogens is 237 g/mol. The first-order valence-corrected chi connectivity index (χ1v) is 5.95. The monoisotopic (exact) mass is 253 g/mol. The number of likely N-dealkylation sites (tertiary alicyclic amines) is 1. The normalized spacial score (nSPS) is 25.2. The lowest BCUT2D eigenvalue weighted by atomic mass is 10.0. The fourth-order valence-corrected chi connectivity index (χ4v) is 2.60. The van der Waals surface area contributed by atoms with Crippen LogP contribution in [-0.4, -0.2) is 33.4 Å². The SMILES string of the molecule is C[C@H](O)[C@H]1CC[C@@H](c2ccc(F)cc2)N1C(=O)O. The number of halogens is 1. The van der Waals surface area contributed by atoms with Gasteiger partial charge in [0.25, 0.3) is 0 Å². The quantitative estimate of drug-likeness (QED) is 0.850. The molecule has 1 saturated heterocycles. The fourth-order valence-electron chi connectivity index (χ4n) is 2.60. The topological polar surface area (TPSA) is 60.8 Å². The van der Waals surface area contributed by atoms with E-state index in [0.29, 0.717) is 12.8 Å². The van der Waals surface area contributed by atoms with Crippen molar-refractivity contribution in [3.05, 3.63) is 35.6 Å². The van der Waals surface area contributed by atoms with Gasteiger partial charge >= 0.3 is 6.09 Å². The third-order valence-corrected chi connectivity index (χ3v) is 3.46. The van der Waals surface area contributed by atoms with E-state index in [1.54, 1.807) is 19.1 Å². The lowest BCUT2D eigenvalue weighted by molar-refractivity contribution is 0.0634. The minimum atomic E-state index is -1.05. The molecule has 3 atom stereocenters. The van der Waals surface area contributed by atoms with Gasteiger partial charge in [-0.25, -0.2) is 9.18 Å². The smallest absolute Gasteiger partial charge is 0.408 e. The van der Waals surface area contributed by atoms with Gasteiger partial charge in [0.1, 0.15) is 5.82 Å². The molecule has 2 rings (SSSR count). The van der Waals surface area contributed by atoms with Gasteiger partial charge in [0, 0.05) is 0 Å². The minimum Gasteiger partial charge on any atom is -0.465 e. The molecule has 1 fully saturated rings. The van der Waals surface area contributed by atoms with Crippen LogP contribution in [0.15, 0.2) is 24.3 Å². The predicted octanol–water partition coefficient (Wildman–Crippen LogP) is 2.39. The zero-order valence-corrected chi connectivity index (χ0v) is 10.1. The number of nitrogens with zero attached hydrogens (tertiary/aromatic N) is 1. The Morgan fingerprint density at radius 2 is 2.00 bits per heavy atom. The van der Waals surface area contributed by atoms with Gasteiger partial charge in [-0.15, -0.1) is 0 Å². The van der Waals surface area contributed by atoms with Crippen LogP contribution in [0.2, 0.25) is 0 Å². The van der Waals surface area contributed by atoms with Gasteiger partial charge in [-0.1, -0.05) is 12.1 Å². The highest BCUT2D eigenvalue weighted by atomic mass is 19.1. The maximum absolute atomic E-state index is 12.9. The molecule has 0 saturated carbocycles. The number of hydrogen-bond acceptors (Lipinski definition) is 2. The minimum absolute atomic E-state index is 0.303. The summed E-state index contributed by atoms with van der Waals surface area (Å²) < 4.78 is 12.9. The Balaban J connectivity index is 2.27. The summed E-state index contributed by atoms with van der Waals surface area (Å²) in [6, 6.07) is 5.15.